The molecule has 1 saturated heterocycles. The van der Waals surface area contributed by atoms with Crippen LogP contribution in [0.4, 0.5) is 11.4 Å². The van der Waals surface area contributed by atoms with Gasteiger partial charge in [0, 0.05) is 31.1 Å². The summed E-state index contributed by atoms with van der Waals surface area (Å²) in [6, 6.07) is 4.08. The molecule has 21 heavy (non-hydrogen) atoms. The van der Waals surface area contributed by atoms with Crippen LogP contribution in [0, 0.1) is 0 Å². The fourth-order valence-electron chi connectivity index (χ4n) is 2.90. The summed E-state index contributed by atoms with van der Waals surface area (Å²) in [4.78, 5) is 7.35. The monoisotopic (exact) mass is 294 g/mol. The molecule has 3 rings (SSSR count). The zero-order valence-corrected chi connectivity index (χ0v) is 12.5. The van der Waals surface area contributed by atoms with Crippen molar-refractivity contribution in [2.75, 3.05) is 50.4 Å². The molecule has 1 fully saturated rings. The van der Waals surface area contributed by atoms with Crippen molar-refractivity contribution in [1.29, 1.82) is 0 Å². The molecule has 2 aliphatic rings. The molecule has 0 aromatic heterocycles. The highest BCUT2D eigenvalue weighted by Gasteiger charge is 2.35. The van der Waals surface area contributed by atoms with E-state index in [1.807, 2.05) is 19.1 Å². The zero-order chi connectivity index (χ0) is 14.9. The summed E-state index contributed by atoms with van der Waals surface area (Å²) in [6.45, 7) is 5.05. The predicted octanol–water partition coefficient (Wildman–Crippen LogP) is 1.18. The standard InChI is InChI=1S/C15H22N2O4/c1-15(10-18)9-11-7-12(16-19-2)13(8-14(11)21-15)17-3-5-20-6-4-17/h7-8,16,18H,3-6,9-10H2,1-2H3. The second-order valence-corrected chi connectivity index (χ2v) is 5.77. The SMILES string of the molecule is CONc1cc2c(cc1N1CCOCC1)OC(C)(CO)C2. The van der Waals surface area contributed by atoms with Crippen molar-refractivity contribution in [1.82, 2.24) is 0 Å². The van der Waals surface area contributed by atoms with Crippen molar-refractivity contribution in [3.8, 4) is 5.75 Å². The minimum absolute atomic E-state index is 0.00159. The number of hydrogen-bond donors (Lipinski definition) is 2. The number of aliphatic hydroxyl groups is 1. The van der Waals surface area contributed by atoms with Crippen LogP contribution in [-0.4, -0.2) is 50.7 Å². The predicted molar refractivity (Wildman–Crippen MR) is 79.9 cm³/mol. The summed E-state index contributed by atoms with van der Waals surface area (Å²) in [5, 5.41) is 9.50. The highest BCUT2D eigenvalue weighted by Crippen LogP contribution is 2.41. The Morgan fingerprint density at radius 1 is 1.38 bits per heavy atom. The molecule has 6 nitrogen and oxygen atoms in total. The minimum Gasteiger partial charge on any atom is -0.484 e. The number of fused-ring (bicyclic) bond motifs is 1. The van der Waals surface area contributed by atoms with Gasteiger partial charge in [0.25, 0.3) is 0 Å². The molecule has 1 unspecified atom stereocenters. The van der Waals surface area contributed by atoms with Crippen molar-refractivity contribution < 1.29 is 19.4 Å². The van der Waals surface area contributed by atoms with Crippen molar-refractivity contribution >= 4 is 11.4 Å². The molecule has 0 spiro atoms. The van der Waals surface area contributed by atoms with Gasteiger partial charge in [-0.1, -0.05) is 0 Å². The Labute approximate surface area is 124 Å². The zero-order valence-electron chi connectivity index (χ0n) is 12.5. The van der Waals surface area contributed by atoms with E-state index < -0.39 is 5.60 Å². The first-order valence-corrected chi connectivity index (χ1v) is 7.24. The Hall–Kier alpha value is -1.50. The molecule has 1 aromatic rings. The van der Waals surface area contributed by atoms with Crippen LogP contribution in [0.1, 0.15) is 12.5 Å². The normalized spacial score (nSPS) is 24.6. The molecule has 116 valence electrons. The fraction of sp³-hybridized carbons (Fsp3) is 0.600. The van der Waals surface area contributed by atoms with Crippen LogP contribution in [0.15, 0.2) is 12.1 Å². The first-order valence-electron chi connectivity index (χ1n) is 7.24. The van der Waals surface area contributed by atoms with E-state index in [0.717, 1.165) is 49.0 Å². The first-order chi connectivity index (χ1) is 10.1. The van der Waals surface area contributed by atoms with E-state index in [-0.39, 0.29) is 6.61 Å². The maximum atomic E-state index is 9.50. The first kappa shape index (κ1) is 14.4. The van der Waals surface area contributed by atoms with Crippen LogP contribution in [0.2, 0.25) is 0 Å². The third-order valence-corrected chi connectivity index (χ3v) is 4.00. The maximum absolute atomic E-state index is 9.50. The highest BCUT2D eigenvalue weighted by molar-refractivity contribution is 5.74. The number of benzene rings is 1. The largest absolute Gasteiger partial charge is 0.484 e. The molecule has 1 aromatic carbocycles. The van der Waals surface area contributed by atoms with Gasteiger partial charge in [0.15, 0.2) is 0 Å². The van der Waals surface area contributed by atoms with Crippen LogP contribution < -0.4 is 15.1 Å². The third-order valence-electron chi connectivity index (χ3n) is 4.00. The number of ether oxygens (including phenoxy) is 2. The fourth-order valence-corrected chi connectivity index (χ4v) is 2.90. The van der Waals surface area contributed by atoms with Crippen LogP contribution in [0.3, 0.4) is 0 Å². The summed E-state index contributed by atoms with van der Waals surface area (Å²) in [6.07, 6.45) is 0.695. The lowest BCUT2D eigenvalue weighted by Crippen LogP contribution is -2.36. The van der Waals surface area contributed by atoms with Crippen LogP contribution in [-0.2, 0) is 16.0 Å². The highest BCUT2D eigenvalue weighted by atomic mass is 16.6. The Kier molecular flexibility index (Phi) is 3.93. The van der Waals surface area contributed by atoms with Gasteiger partial charge in [0.05, 0.1) is 38.3 Å². The lowest BCUT2D eigenvalue weighted by Gasteiger charge is -2.31. The number of nitrogens with zero attached hydrogens (tertiary/aromatic N) is 1. The van der Waals surface area contributed by atoms with E-state index in [1.165, 1.54) is 0 Å². The van der Waals surface area contributed by atoms with Crippen molar-refractivity contribution in [3.63, 3.8) is 0 Å². The molecule has 1 atom stereocenters. The molecular weight excluding hydrogens is 272 g/mol. The summed E-state index contributed by atoms with van der Waals surface area (Å²) in [5.41, 5.74) is 5.47. The van der Waals surface area contributed by atoms with Gasteiger partial charge in [0.1, 0.15) is 11.4 Å². The molecule has 2 N–H and O–H groups in total. The van der Waals surface area contributed by atoms with Crippen molar-refractivity contribution in [2.24, 2.45) is 0 Å². The van der Waals surface area contributed by atoms with Gasteiger partial charge in [0.2, 0.25) is 0 Å². The average molecular weight is 294 g/mol. The number of hydrogen-bond acceptors (Lipinski definition) is 6. The van der Waals surface area contributed by atoms with Gasteiger partial charge in [-0.15, -0.1) is 0 Å². The Morgan fingerprint density at radius 3 is 2.81 bits per heavy atom. The van der Waals surface area contributed by atoms with Gasteiger partial charge in [-0.25, -0.2) is 0 Å². The van der Waals surface area contributed by atoms with Gasteiger partial charge < -0.3 is 19.5 Å². The lowest BCUT2D eigenvalue weighted by molar-refractivity contribution is 0.0446. The van der Waals surface area contributed by atoms with Gasteiger partial charge >= 0.3 is 0 Å². The van der Waals surface area contributed by atoms with Crippen LogP contribution in [0.5, 0.6) is 5.75 Å². The molecule has 0 bridgehead atoms. The lowest BCUT2D eigenvalue weighted by atomic mass is 9.99. The summed E-state index contributed by atoms with van der Waals surface area (Å²) >= 11 is 0. The van der Waals surface area contributed by atoms with Crippen LogP contribution in [0.25, 0.3) is 0 Å². The molecular formula is C15H22N2O4. The van der Waals surface area contributed by atoms with Crippen molar-refractivity contribution in [2.45, 2.75) is 18.9 Å². The summed E-state index contributed by atoms with van der Waals surface area (Å²) in [5.74, 6) is 0.842. The number of morpholine rings is 1. The maximum Gasteiger partial charge on any atom is 0.133 e. The topological polar surface area (TPSA) is 63.2 Å². The number of anilines is 2. The molecule has 2 aliphatic heterocycles. The smallest absolute Gasteiger partial charge is 0.133 e. The quantitative estimate of drug-likeness (QED) is 0.813. The average Bonchev–Trinajstić information content (AvgIpc) is 2.84. The summed E-state index contributed by atoms with van der Waals surface area (Å²) < 4.78 is 11.3. The molecule has 0 amide bonds. The molecule has 0 radical (unpaired) electrons. The Balaban J connectivity index is 1.94. The van der Waals surface area contributed by atoms with Crippen LogP contribution >= 0.6 is 0 Å². The number of nitrogens with one attached hydrogen (secondary N) is 1. The van der Waals surface area contributed by atoms with E-state index in [2.05, 4.69) is 10.4 Å². The third kappa shape index (κ3) is 2.79. The molecule has 0 saturated carbocycles. The van der Waals surface area contributed by atoms with Crippen molar-refractivity contribution in [3.05, 3.63) is 17.7 Å². The second kappa shape index (κ2) is 5.71. The van der Waals surface area contributed by atoms with Gasteiger partial charge in [-0.05, 0) is 13.0 Å². The van der Waals surface area contributed by atoms with E-state index in [4.69, 9.17) is 14.3 Å². The Morgan fingerprint density at radius 2 is 2.14 bits per heavy atom. The summed E-state index contributed by atoms with van der Waals surface area (Å²) in [7, 11) is 1.60. The minimum atomic E-state index is -0.531. The number of aliphatic hydroxyl groups excluding tert-OH is 1. The van der Waals surface area contributed by atoms with E-state index in [1.54, 1.807) is 7.11 Å². The van der Waals surface area contributed by atoms with E-state index in [9.17, 15) is 5.11 Å². The molecule has 0 aliphatic carbocycles. The Bertz CT molecular complexity index is 517. The van der Waals surface area contributed by atoms with Gasteiger partial charge in [-0.3, -0.25) is 10.3 Å². The van der Waals surface area contributed by atoms with E-state index >= 15 is 0 Å². The van der Waals surface area contributed by atoms with E-state index in [0.29, 0.717) is 6.42 Å². The van der Waals surface area contributed by atoms with Gasteiger partial charge in [-0.2, -0.15) is 0 Å². The molecule has 6 heteroatoms. The second-order valence-electron chi connectivity index (χ2n) is 5.77. The molecule has 2 heterocycles. The number of rotatable bonds is 4.